The average molecular weight is 326 g/mol. The fourth-order valence-electron chi connectivity index (χ4n) is 2.01. The van der Waals surface area contributed by atoms with Crippen molar-refractivity contribution < 1.29 is 18.7 Å². The first-order valence-corrected chi connectivity index (χ1v) is 7.02. The van der Waals surface area contributed by atoms with E-state index in [9.17, 15) is 18.7 Å². The van der Waals surface area contributed by atoms with Crippen LogP contribution in [0.4, 0.5) is 8.78 Å². The van der Waals surface area contributed by atoms with Crippen molar-refractivity contribution >= 4 is 17.5 Å². The van der Waals surface area contributed by atoms with Crippen LogP contribution in [-0.4, -0.2) is 17.6 Å². The summed E-state index contributed by atoms with van der Waals surface area (Å²) in [7, 11) is 0. The Hall–Kier alpha value is -1.98. The number of aliphatic hydroxyl groups is 1. The van der Waals surface area contributed by atoms with Gasteiger partial charge in [-0.15, -0.1) is 0 Å². The summed E-state index contributed by atoms with van der Waals surface area (Å²) >= 11 is 5.82. The summed E-state index contributed by atoms with van der Waals surface area (Å²) in [5.74, 6) is -2.70. The number of hydrogen-bond donors (Lipinski definition) is 2. The van der Waals surface area contributed by atoms with Crippen LogP contribution < -0.4 is 5.32 Å². The van der Waals surface area contributed by atoms with Crippen molar-refractivity contribution in [3.05, 3.63) is 70.2 Å². The van der Waals surface area contributed by atoms with Gasteiger partial charge in [0.1, 0.15) is 17.2 Å². The molecular formula is C16H14ClF2NO2. The summed E-state index contributed by atoms with van der Waals surface area (Å²) in [6.07, 6.45) is -0.633. The molecule has 0 aliphatic heterocycles. The van der Waals surface area contributed by atoms with Crippen molar-refractivity contribution in [1.82, 2.24) is 5.32 Å². The molecule has 116 valence electrons. The van der Waals surface area contributed by atoms with Crippen LogP contribution in [0, 0.1) is 11.6 Å². The smallest absolute Gasteiger partial charge is 0.257 e. The number of carbonyl (C=O) groups is 1. The molecule has 0 heterocycles. The van der Waals surface area contributed by atoms with Crippen molar-refractivity contribution in [2.45, 2.75) is 12.5 Å². The highest BCUT2D eigenvalue weighted by Crippen LogP contribution is 2.20. The van der Waals surface area contributed by atoms with E-state index in [1.807, 2.05) is 0 Å². The van der Waals surface area contributed by atoms with Gasteiger partial charge in [-0.05, 0) is 36.2 Å². The van der Waals surface area contributed by atoms with Crippen molar-refractivity contribution in [1.29, 1.82) is 0 Å². The fourth-order valence-corrected chi connectivity index (χ4v) is 2.20. The van der Waals surface area contributed by atoms with E-state index >= 15 is 0 Å². The third-order valence-corrected chi connectivity index (χ3v) is 3.36. The Bertz CT molecular complexity index is 659. The zero-order valence-corrected chi connectivity index (χ0v) is 12.3. The van der Waals surface area contributed by atoms with Crippen LogP contribution in [0.2, 0.25) is 5.02 Å². The third-order valence-electron chi connectivity index (χ3n) is 3.13. The number of halogens is 3. The molecule has 0 saturated heterocycles. The van der Waals surface area contributed by atoms with E-state index in [0.29, 0.717) is 10.6 Å². The van der Waals surface area contributed by atoms with Gasteiger partial charge in [0.25, 0.3) is 5.91 Å². The molecule has 22 heavy (non-hydrogen) atoms. The second kappa shape index (κ2) is 7.33. The van der Waals surface area contributed by atoms with Gasteiger partial charge < -0.3 is 10.4 Å². The number of benzene rings is 2. The Morgan fingerprint density at radius 3 is 2.45 bits per heavy atom. The molecule has 6 heteroatoms. The predicted octanol–water partition coefficient (Wildman–Crippen LogP) is 3.47. The van der Waals surface area contributed by atoms with Crippen molar-refractivity contribution in [3.8, 4) is 0 Å². The average Bonchev–Trinajstić information content (AvgIpc) is 2.47. The minimum atomic E-state index is -0.923. The molecule has 2 N–H and O–H groups in total. The summed E-state index contributed by atoms with van der Waals surface area (Å²) in [5, 5.41) is 12.9. The van der Waals surface area contributed by atoms with Gasteiger partial charge in [-0.3, -0.25) is 4.79 Å². The molecule has 2 aromatic rings. The molecule has 0 bridgehead atoms. The summed E-state index contributed by atoms with van der Waals surface area (Å²) < 4.78 is 26.9. The first-order chi connectivity index (χ1) is 10.5. The van der Waals surface area contributed by atoms with Crippen LogP contribution in [0.15, 0.2) is 42.5 Å². The van der Waals surface area contributed by atoms with E-state index < -0.39 is 29.2 Å². The van der Waals surface area contributed by atoms with Crippen molar-refractivity contribution in [3.63, 3.8) is 0 Å². The number of carbonyl (C=O) groups excluding carboxylic acids is 1. The lowest BCUT2D eigenvalue weighted by Gasteiger charge is -2.12. The Morgan fingerprint density at radius 1 is 1.18 bits per heavy atom. The quantitative estimate of drug-likeness (QED) is 0.884. The highest BCUT2D eigenvalue weighted by molar-refractivity contribution is 6.30. The van der Waals surface area contributed by atoms with Crippen LogP contribution in [-0.2, 0) is 0 Å². The maximum atomic E-state index is 13.4. The van der Waals surface area contributed by atoms with Gasteiger partial charge in [-0.1, -0.05) is 29.8 Å². The molecule has 0 aliphatic rings. The predicted molar refractivity (Wildman–Crippen MR) is 79.7 cm³/mol. The van der Waals surface area contributed by atoms with Crippen LogP contribution >= 0.6 is 11.6 Å². The molecule has 0 saturated carbocycles. The molecule has 1 atom stereocenters. The summed E-state index contributed by atoms with van der Waals surface area (Å²) in [6.45, 7) is 0.0697. The van der Waals surface area contributed by atoms with E-state index in [2.05, 4.69) is 5.32 Å². The summed E-state index contributed by atoms with van der Waals surface area (Å²) in [6, 6.07) is 9.91. The molecule has 3 nitrogen and oxygen atoms in total. The normalized spacial score (nSPS) is 12.0. The van der Waals surface area contributed by atoms with Gasteiger partial charge in [0.05, 0.1) is 6.10 Å². The van der Waals surface area contributed by atoms with E-state index in [4.69, 9.17) is 11.6 Å². The van der Waals surface area contributed by atoms with E-state index in [-0.39, 0.29) is 13.0 Å². The number of nitrogens with one attached hydrogen (secondary N) is 1. The first-order valence-electron chi connectivity index (χ1n) is 6.65. The van der Waals surface area contributed by atoms with E-state index in [1.54, 1.807) is 24.3 Å². The monoisotopic (exact) mass is 325 g/mol. The van der Waals surface area contributed by atoms with Gasteiger partial charge in [0, 0.05) is 11.6 Å². The molecule has 0 radical (unpaired) electrons. The third kappa shape index (κ3) is 4.02. The Balaban J connectivity index is 1.92. The standard InChI is InChI=1S/C16H14ClF2NO2/c17-11-4-1-3-10(9-11)14(21)7-8-20-16(22)15-12(18)5-2-6-13(15)19/h1-6,9,14,21H,7-8H2,(H,20,22)/t14-/m0/s1. The van der Waals surface area contributed by atoms with Gasteiger partial charge in [-0.25, -0.2) is 8.78 Å². The topological polar surface area (TPSA) is 49.3 Å². The maximum Gasteiger partial charge on any atom is 0.257 e. The van der Waals surface area contributed by atoms with E-state index in [0.717, 1.165) is 12.1 Å². The minimum Gasteiger partial charge on any atom is -0.388 e. The summed E-state index contributed by atoms with van der Waals surface area (Å²) in [5.41, 5.74) is -0.0152. The first kappa shape index (κ1) is 16.4. The molecule has 2 rings (SSSR count). The van der Waals surface area contributed by atoms with Gasteiger partial charge in [-0.2, -0.15) is 0 Å². The fraction of sp³-hybridized carbons (Fsp3) is 0.188. The number of hydrogen-bond acceptors (Lipinski definition) is 2. The summed E-state index contributed by atoms with van der Waals surface area (Å²) in [4.78, 5) is 11.8. The molecular weight excluding hydrogens is 312 g/mol. The Labute approximate surface area is 131 Å². The highest BCUT2D eigenvalue weighted by Gasteiger charge is 2.17. The van der Waals surface area contributed by atoms with Gasteiger partial charge in [0.15, 0.2) is 0 Å². The number of rotatable bonds is 5. The van der Waals surface area contributed by atoms with Crippen molar-refractivity contribution in [2.75, 3.05) is 6.54 Å². The minimum absolute atomic E-state index is 0.0697. The molecule has 0 aliphatic carbocycles. The lowest BCUT2D eigenvalue weighted by molar-refractivity contribution is 0.0934. The molecule has 0 spiro atoms. The highest BCUT2D eigenvalue weighted by atomic mass is 35.5. The SMILES string of the molecule is O=C(NCC[C@H](O)c1cccc(Cl)c1)c1c(F)cccc1F. The van der Waals surface area contributed by atoms with Crippen LogP contribution in [0.25, 0.3) is 0 Å². The van der Waals surface area contributed by atoms with Crippen LogP contribution in [0.1, 0.15) is 28.4 Å². The van der Waals surface area contributed by atoms with Gasteiger partial charge >= 0.3 is 0 Å². The zero-order valence-electron chi connectivity index (χ0n) is 11.5. The lowest BCUT2D eigenvalue weighted by Crippen LogP contribution is -2.27. The van der Waals surface area contributed by atoms with Crippen molar-refractivity contribution in [2.24, 2.45) is 0 Å². The molecule has 0 aromatic heterocycles. The second-order valence-electron chi connectivity index (χ2n) is 4.71. The maximum absolute atomic E-state index is 13.4. The molecule has 0 unspecified atom stereocenters. The van der Waals surface area contributed by atoms with Gasteiger partial charge in [0.2, 0.25) is 0 Å². The van der Waals surface area contributed by atoms with E-state index in [1.165, 1.54) is 6.07 Å². The molecule has 2 aromatic carbocycles. The van der Waals surface area contributed by atoms with Crippen LogP contribution in [0.3, 0.4) is 0 Å². The zero-order chi connectivity index (χ0) is 16.1. The number of aliphatic hydroxyl groups excluding tert-OH is 1. The molecule has 1 amide bonds. The Kier molecular flexibility index (Phi) is 5.46. The largest absolute Gasteiger partial charge is 0.388 e. The number of amides is 1. The second-order valence-corrected chi connectivity index (χ2v) is 5.15. The lowest BCUT2D eigenvalue weighted by atomic mass is 10.1. The van der Waals surface area contributed by atoms with Crippen LogP contribution in [0.5, 0.6) is 0 Å². The molecule has 0 fully saturated rings. The Morgan fingerprint density at radius 2 is 1.82 bits per heavy atom.